The first kappa shape index (κ1) is 18.8. The summed E-state index contributed by atoms with van der Waals surface area (Å²) in [6, 6.07) is 6.24. The molecule has 2 N–H and O–H groups in total. The number of aromatic nitrogens is 3. The predicted octanol–water partition coefficient (Wildman–Crippen LogP) is 3.97. The number of anilines is 1. The van der Waals surface area contributed by atoms with Gasteiger partial charge in [0, 0.05) is 11.1 Å². The third-order valence-corrected chi connectivity index (χ3v) is 6.41. The van der Waals surface area contributed by atoms with Crippen molar-refractivity contribution >= 4 is 22.4 Å². The Morgan fingerprint density at radius 1 is 1.21 bits per heavy atom. The van der Waals surface area contributed by atoms with Crippen molar-refractivity contribution < 1.29 is 4.79 Å². The van der Waals surface area contributed by atoms with Crippen molar-refractivity contribution in [3.05, 3.63) is 57.9 Å². The Hall–Kier alpha value is -2.51. The molecule has 1 amide bonds. The van der Waals surface area contributed by atoms with Gasteiger partial charge >= 0.3 is 0 Å². The zero-order chi connectivity index (χ0) is 19.7. The molecule has 6 nitrogen and oxygen atoms in total. The summed E-state index contributed by atoms with van der Waals surface area (Å²) in [5.41, 5.74) is 4.67. The van der Waals surface area contributed by atoms with E-state index in [9.17, 15) is 4.79 Å². The molecule has 3 aromatic rings. The molecule has 0 atom stereocenters. The lowest BCUT2D eigenvalue weighted by Crippen LogP contribution is -2.26. The van der Waals surface area contributed by atoms with Crippen molar-refractivity contribution in [2.75, 3.05) is 18.4 Å². The number of thiazole rings is 1. The van der Waals surface area contributed by atoms with E-state index in [-0.39, 0.29) is 5.91 Å². The highest BCUT2D eigenvalue weighted by atomic mass is 32.1. The van der Waals surface area contributed by atoms with Gasteiger partial charge < -0.3 is 5.32 Å². The number of benzene rings is 1. The SMILES string of the molecule is Cc1ccc(C)c(-n2ncc(C(=O)Nc3ncc(C4CCNCC4)s3)c2C)c1. The topological polar surface area (TPSA) is 71.8 Å². The van der Waals surface area contributed by atoms with E-state index in [1.54, 1.807) is 17.5 Å². The van der Waals surface area contributed by atoms with Gasteiger partial charge in [0.05, 0.1) is 23.1 Å². The van der Waals surface area contributed by atoms with E-state index < -0.39 is 0 Å². The van der Waals surface area contributed by atoms with Crippen LogP contribution >= 0.6 is 11.3 Å². The van der Waals surface area contributed by atoms with Crippen molar-refractivity contribution in [1.82, 2.24) is 20.1 Å². The lowest BCUT2D eigenvalue weighted by molar-refractivity contribution is 0.102. The van der Waals surface area contributed by atoms with Gasteiger partial charge in [0.25, 0.3) is 5.91 Å². The minimum absolute atomic E-state index is 0.166. The summed E-state index contributed by atoms with van der Waals surface area (Å²) < 4.78 is 1.83. The van der Waals surface area contributed by atoms with Gasteiger partial charge in [-0.3, -0.25) is 10.1 Å². The smallest absolute Gasteiger partial charge is 0.260 e. The fraction of sp³-hybridized carbons (Fsp3) is 0.381. The van der Waals surface area contributed by atoms with Crippen LogP contribution in [0.2, 0.25) is 0 Å². The van der Waals surface area contributed by atoms with E-state index in [0.29, 0.717) is 16.6 Å². The lowest BCUT2D eigenvalue weighted by Gasteiger charge is -2.20. The molecular weight excluding hydrogens is 370 g/mol. The van der Waals surface area contributed by atoms with Crippen LogP contribution in [-0.4, -0.2) is 33.8 Å². The van der Waals surface area contributed by atoms with Crippen LogP contribution in [0.5, 0.6) is 0 Å². The second kappa shape index (κ2) is 7.85. The van der Waals surface area contributed by atoms with Gasteiger partial charge in [-0.05, 0) is 69.8 Å². The number of rotatable bonds is 4. The Morgan fingerprint density at radius 3 is 2.79 bits per heavy atom. The summed E-state index contributed by atoms with van der Waals surface area (Å²) in [4.78, 5) is 18.5. The molecule has 0 saturated carbocycles. The van der Waals surface area contributed by atoms with Gasteiger partial charge in [-0.1, -0.05) is 12.1 Å². The molecule has 146 valence electrons. The molecule has 1 fully saturated rings. The lowest BCUT2D eigenvalue weighted by atomic mass is 9.97. The zero-order valence-corrected chi connectivity index (χ0v) is 17.3. The van der Waals surface area contributed by atoms with E-state index in [1.807, 2.05) is 24.7 Å². The fourth-order valence-electron chi connectivity index (χ4n) is 3.63. The Balaban J connectivity index is 1.52. The summed E-state index contributed by atoms with van der Waals surface area (Å²) in [6.45, 7) is 8.11. The zero-order valence-electron chi connectivity index (χ0n) is 16.5. The molecule has 7 heteroatoms. The molecular formula is C21H25N5OS. The highest BCUT2D eigenvalue weighted by molar-refractivity contribution is 7.15. The normalized spacial score (nSPS) is 15.0. The number of piperidine rings is 1. The number of nitrogens with one attached hydrogen (secondary N) is 2. The number of carbonyl (C=O) groups excluding carboxylic acids is 1. The predicted molar refractivity (Wildman–Crippen MR) is 113 cm³/mol. The minimum Gasteiger partial charge on any atom is -0.317 e. The van der Waals surface area contributed by atoms with Crippen LogP contribution in [0.3, 0.4) is 0 Å². The first-order valence-electron chi connectivity index (χ1n) is 9.63. The molecule has 0 bridgehead atoms. The molecule has 4 rings (SSSR count). The van der Waals surface area contributed by atoms with Crippen molar-refractivity contribution in [3.8, 4) is 5.69 Å². The number of hydrogen-bond acceptors (Lipinski definition) is 5. The monoisotopic (exact) mass is 395 g/mol. The average Bonchev–Trinajstić information content (AvgIpc) is 3.31. The average molecular weight is 396 g/mol. The molecule has 3 heterocycles. The van der Waals surface area contributed by atoms with E-state index >= 15 is 0 Å². The highest BCUT2D eigenvalue weighted by Gasteiger charge is 2.20. The molecule has 1 aliphatic heterocycles. The molecule has 0 spiro atoms. The number of aryl methyl sites for hydroxylation is 2. The maximum absolute atomic E-state index is 12.8. The largest absolute Gasteiger partial charge is 0.317 e. The minimum atomic E-state index is -0.166. The van der Waals surface area contributed by atoms with Crippen molar-refractivity contribution in [3.63, 3.8) is 0 Å². The maximum atomic E-state index is 12.8. The third-order valence-electron chi connectivity index (χ3n) is 5.33. The Labute approximate surface area is 169 Å². The maximum Gasteiger partial charge on any atom is 0.260 e. The van der Waals surface area contributed by atoms with Crippen LogP contribution < -0.4 is 10.6 Å². The van der Waals surface area contributed by atoms with E-state index in [0.717, 1.165) is 48.4 Å². The number of amides is 1. The van der Waals surface area contributed by atoms with Crippen LogP contribution in [0.1, 0.15) is 50.8 Å². The molecule has 1 saturated heterocycles. The molecule has 1 aromatic carbocycles. The molecule has 0 aliphatic carbocycles. The van der Waals surface area contributed by atoms with E-state index in [4.69, 9.17) is 0 Å². The van der Waals surface area contributed by atoms with Crippen LogP contribution in [-0.2, 0) is 0 Å². The number of hydrogen-bond donors (Lipinski definition) is 2. The van der Waals surface area contributed by atoms with Gasteiger partial charge in [0.2, 0.25) is 0 Å². The summed E-state index contributed by atoms with van der Waals surface area (Å²) in [6.07, 6.45) is 5.78. The standard InChI is InChI=1S/C21H25N5OS/c1-13-4-5-14(2)18(10-13)26-15(3)17(11-24-26)20(27)25-21-23-12-19(28-21)16-6-8-22-9-7-16/h4-5,10-12,16,22H,6-9H2,1-3H3,(H,23,25,27). The summed E-state index contributed by atoms with van der Waals surface area (Å²) in [5, 5.41) is 11.4. The van der Waals surface area contributed by atoms with Gasteiger partial charge in [-0.2, -0.15) is 5.10 Å². The quantitative estimate of drug-likeness (QED) is 0.701. The second-order valence-electron chi connectivity index (χ2n) is 7.39. The Morgan fingerprint density at radius 2 is 2.00 bits per heavy atom. The van der Waals surface area contributed by atoms with Gasteiger partial charge in [-0.25, -0.2) is 9.67 Å². The Kier molecular flexibility index (Phi) is 5.28. The Bertz CT molecular complexity index is 1000. The third kappa shape index (κ3) is 3.72. The second-order valence-corrected chi connectivity index (χ2v) is 8.45. The van der Waals surface area contributed by atoms with Gasteiger partial charge in [0.1, 0.15) is 0 Å². The first-order valence-corrected chi connectivity index (χ1v) is 10.4. The summed E-state index contributed by atoms with van der Waals surface area (Å²) in [5.74, 6) is 0.374. The molecule has 2 aromatic heterocycles. The van der Waals surface area contributed by atoms with Crippen molar-refractivity contribution in [1.29, 1.82) is 0 Å². The highest BCUT2D eigenvalue weighted by Crippen LogP contribution is 2.32. The molecule has 0 radical (unpaired) electrons. The van der Waals surface area contributed by atoms with E-state index in [2.05, 4.69) is 45.8 Å². The summed E-state index contributed by atoms with van der Waals surface area (Å²) >= 11 is 1.58. The summed E-state index contributed by atoms with van der Waals surface area (Å²) in [7, 11) is 0. The van der Waals surface area contributed by atoms with Crippen molar-refractivity contribution in [2.45, 2.75) is 39.5 Å². The van der Waals surface area contributed by atoms with Crippen molar-refractivity contribution in [2.24, 2.45) is 0 Å². The van der Waals surface area contributed by atoms with Crippen LogP contribution in [0.25, 0.3) is 5.69 Å². The molecule has 1 aliphatic rings. The fourth-order valence-corrected chi connectivity index (χ4v) is 4.61. The molecule has 0 unspecified atom stereocenters. The van der Waals surface area contributed by atoms with Crippen LogP contribution in [0, 0.1) is 20.8 Å². The van der Waals surface area contributed by atoms with Gasteiger partial charge in [0.15, 0.2) is 5.13 Å². The number of nitrogens with zero attached hydrogens (tertiary/aromatic N) is 3. The van der Waals surface area contributed by atoms with Gasteiger partial charge in [-0.15, -0.1) is 11.3 Å². The van der Waals surface area contributed by atoms with E-state index in [1.165, 1.54) is 4.88 Å². The van der Waals surface area contributed by atoms with Crippen LogP contribution in [0.4, 0.5) is 5.13 Å². The van der Waals surface area contributed by atoms with Crippen LogP contribution in [0.15, 0.2) is 30.6 Å². The molecule has 28 heavy (non-hydrogen) atoms. The first-order chi connectivity index (χ1) is 13.5. The number of carbonyl (C=O) groups is 1.